The molecule has 19 heavy (non-hydrogen) atoms. The Morgan fingerprint density at radius 1 is 1.37 bits per heavy atom. The van der Waals surface area contributed by atoms with Gasteiger partial charge in [0, 0.05) is 11.1 Å². The number of benzene rings is 1. The zero-order valence-corrected chi connectivity index (χ0v) is 12.0. The first-order valence-electron chi connectivity index (χ1n) is 6.19. The minimum Gasteiger partial charge on any atom is -0.493 e. The number of hydrogen-bond donors (Lipinski definition) is 1. The number of rotatable bonds is 5. The van der Waals surface area contributed by atoms with Gasteiger partial charge in [-0.1, -0.05) is 11.6 Å². The number of carbonyl (C=O) groups is 1. The fourth-order valence-corrected chi connectivity index (χ4v) is 2.47. The van der Waals surface area contributed by atoms with E-state index in [-0.39, 0.29) is 6.10 Å². The summed E-state index contributed by atoms with van der Waals surface area (Å²) in [5.74, 6) is 0.211. The summed E-state index contributed by atoms with van der Waals surface area (Å²) in [6, 6.07) is 3.32. The number of carboxylic acid groups (broad SMARTS) is 1. The molecule has 1 aliphatic rings. The maximum atomic E-state index is 11.4. The Bertz CT molecular complexity index is 506. The average Bonchev–Trinajstić information content (AvgIpc) is 3.11. The molecule has 1 aliphatic carbocycles. The maximum absolute atomic E-state index is 11.4. The van der Waals surface area contributed by atoms with Crippen molar-refractivity contribution in [2.45, 2.75) is 38.2 Å². The van der Waals surface area contributed by atoms with Gasteiger partial charge in [0.05, 0.1) is 18.6 Å². The fraction of sp³-hybridized carbons (Fsp3) is 0.500. The quantitative estimate of drug-likeness (QED) is 0.902. The van der Waals surface area contributed by atoms with Crippen molar-refractivity contribution in [2.75, 3.05) is 7.11 Å². The number of aliphatic carboxylic acids is 1. The van der Waals surface area contributed by atoms with E-state index < -0.39 is 11.4 Å². The second-order valence-corrected chi connectivity index (χ2v) is 5.44. The van der Waals surface area contributed by atoms with Crippen LogP contribution in [0.15, 0.2) is 12.1 Å². The molecule has 0 radical (unpaired) electrons. The van der Waals surface area contributed by atoms with Gasteiger partial charge in [0.2, 0.25) is 0 Å². The molecule has 1 aromatic rings. The summed E-state index contributed by atoms with van der Waals surface area (Å²) < 4.78 is 10.9. The number of methoxy groups -OCH3 is 1. The molecule has 0 atom stereocenters. The van der Waals surface area contributed by atoms with E-state index in [9.17, 15) is 9.90 Å². The van der Waals surface area contributed by atoms with Crippen LogP contribution >= 0.6 is 11.6 Å². The van der Waals surface area contributed by atoms with E-state index in [1.54, 1.807) is 12.1 Å². The van der Waals surface area contributed by atoms with Crippen molar-refractivity contribution in [1.29, 1.82) is 0 Å². The summed E-state index contributed by atoms with van der Waals surface area (Å²) in [6.07, 6.45) is 1.19. The summed E-state index contributed by atoms with van der Waals surface area (Å²) >= 11 is 6.19. The Morgan fingerprint density at radius 3 is 2.42 bits per heavy atom. The second-order valence-electron chi connectivity index (χ2n) is 5.04. The maximum Gasteiger partial charge on any atom is 0.314 e. The van der Waals surface area contributed by atoms with Crippen LogP contribution in [0.2, 0.25) is 5.02 Å². The first-order valence-corrected chi connectivity index (χ1v) is 6.56. The van der Waals surface area contributed by atoms with Gasteiger partial charge in [-0.3, -0.25) is 4.79 Å². The first kappa shape index (κ1) is 14.0. The Hall–Kier alpha value is -1.42. The van der Waals surface area contributed by atoms with E-state index in [1.807, 2.05) is 13.8 Å². The molecule has 0 aromatic heterocycles. The lowest BCUT2D eigenvalue weighted by molar-refractivity contribution is -0.140. The van der Waals surface area contributed by atoms with Crippen LogP contribution in [0, 0.1) is 0 Å². The third-order valence-corrected chi connectivity index (χ3v) is 3.60. The predicted molar refractivity (Wildman–Crippen MR) is 72.3 cm³/mol. The van der Waals surface area contributed by atoms with Gasteiger partial charge < -0.3 is 14.6 Å². The van der Waals surface area contributed by atoms with Crippen LogP contribution in [0.1, 0.15) is 32.3 Å². The Morgan fingerprint density at radius 2 is 2.00 bits per heavy atom. The zero-order valence-electron chi connectivity index (χ0n) is 11.2. The van der Waals surface area contributed by atoms with Crippen LogP contribution < -0.4 is 9.47 Å². The minimum absolute atomic E-state index is 0.0251. The minimum atomic E-state index is -0.849. The highest BCUT2D eigenvalue weighted by Gasteiger charge is 2.53. The highest BCUT2D eigenvalue weighted by atomic mass is 35.5. The van der Waals surface area contributed by atoms with Crippen molar-refractivity contribution in [3.63, 3.8) is 0 Å². The van der Waals surface area contributed by atoms with Gasteiger partial charge >= 0.3 is 5.97 Å². The van der Waals surface area contributed by atoms with Crippen molar-refractivity contribution in [3.8, 4) is 11.5 Å². The van der Waals surface area contributed by atoms with Gasteiger partial charge in [-0.25, -0.2) is 0 Å². The molecule has 1 saturated carbocycles. The number of ether oxygens (including phenoxy) is 2. The molecule has 0 saturated heterocycles. The molecule has 1 N–H and O–H groups in total. The van der Waals surface area contributed by atoms with Gasteiger partial charge in [0.1, 0.15) is 0 Å². The molecule has 104 valence electrons. The third kappa shape index (κ3) is 2.50. The van der Waals surface area contributed by atoms with Crippen LogP contribution in [0.25, 0.3) is 0 Å². The average molecular weight is 285 g/mol. The molecule has 0 amide bonds. The molecule has 0 bridgehead atoms. The largest absolute Gasteiger partial charge is 0.493 e. The van der Waals surface area contributed by atoms with E-state index in [0.717, 1.165) is 0 Å². The third-order valence-electron chi connectivity index (χ3n) is 3.29. The van der Waals surface area contributed by atoms with Crippen molar-refractivity contribution >= 4 is 17.6 Å². The second kappa shape index (κ2) is 4.93. The molecule has 0 unspecified atom stereocenters. The monoisotopic (exact) mass is 284 g/mol. The summed E-state index contributed by atoms with van der Waals surface area (Å²) in [5.41, 5.74) is -0.239. The van der Waals surface area contributed by atoms with Crippen LogP contribution in [0.5, 0.6) is 11.5 Å². The molecule has 5 heteroatoms. The van der Waals surface area contributed by atoms with Crippen LogP contribution in [-0.4, -0.2) is 24.3 Å². The first-order chi connectivity index (χ1) is 8.90. The van der Waals surface area contributed by atoms with Gasteiger partial charge in [0.15, 0.2) is 11.5 Å². The Labute approximate surface area is 117 Å². The van der Waals surface area contributed by atoms with Gasteiger partial charge in [-0.2, -0.15) is 0 Å². The van der Waals surface area contributed by atoms with Crippen molar-refractivity contribution in [3.05, 3.63) is 22.7 Å². The number of carboxylic acids is 1. The molecule has 0 spiro atoms. The highest BCUT2D eigenvalue weighted by Crippen LogP contribution is 2.52. The van der Waals surface area contributed by atoms with Gasteiger partial charge in [-0.15, -0.1) is 0 Å². The van der Waals surface area contributed by atoms with Gasteiger partial charge in [-0.05, 0) is 38.3 Å². The van der Waals surface area contributed by atoms with E-state index in [2.05, 4.69) is 0 Å². The van der Waals surface area contributed by atoms with E-state index in [0.29, 0.717) is 34.9 Å². The lowest BCUT2D eigenvalue weighted by Gasteiger charge is -2.18. The van der Waals surface area contributed by atoms with Crippen LogP contribution in [0.4, 0.5) is 0 Å². The van der Waals surface area contributed by atoms with Crippen molar-refractivity contribution < 1.29 is 19.4 Å². The SMILES string of the molecule is COc1cc(Cl)c(C2(C(=O)O)CC2)cc1OC(C)C. The highest BCUT2D eigenvalue weighted by molar-refractivity contribution is 6.32. The summed E-state index contributed by atoms with van der Waals surface area (Å²) in [5, 5.41) is 9.76. The van der Waals surface area contributed by atoms with Crippen molar-refractivity contribution in [1.82, 2.24) is 0 Å². The fourth-order valence-electron chi connectivity index (χ4n) is 2.13. The molecule has 1 aromatic carbocycles. The molecular formula is C14H17ClO4. The number of halogens is 1. The van der Waals surface area contributed by atoms with Crippen LogP contribution in [0.3, 0.4) is 0 Å². The molecule has 1 fully saturated rings. The van der Waals surface area contributed by atoms with E-state index >= 15 is 0 Å². The molecule has 2 rings (SSSR count). The number of hydrogen-bond acceptors (Lipinski definition) is 3. The Balaban J connectivity index is 2.48. The van der Waals surface area contributed by atoms with Gasteiger partial charge in [0.25, 0.3) is 0 Å². The molecular weight excluding hydrogens is 268 g/mol. The topological polar surface area (TPSA) is 55.8 Å². The lowest BCUT2D eigenvalue weighted by Crippen LogP contribution is -2.20. The molecule has 4 nitrogen and oxygen atoms in total. The zero-order chi connectivity index (χ0) is 14.2. The normalized spacial score (nSPS) is 16.3. The van der Waals surface area contributed by atoms with Crippen LogP contribution in [-0.2, 0) is 10.2 Å². The smallest absolute Gasteiger partial charge is 0.314 e. The predicted octanol–water partition coefficient (Wildman–Crippen LogP) is 3.25. The Kier molecular flexibility index (Phi) is 3.63. The van der Waals surface area contributed by atoms with Crippen molar-refractivity contribution in [2.24, 2.45) is 0 Å². The summed E-state index contributed by atoms with van der Waals surface area (Å²) in [7, 11) is 1.53. The van der Waals surface area contributed by atoms with E-state index in [4.69, 9.17) is 21.1 Å². The standard InChI is InChI=1S/C14H17ClO4/c1-8(2)19-12-6-9(10(15)7-11(12)18-3)14(4-5-14)13(16)17/h6-8H,4-5H2,1-3H3,(H,16,17). The molecule has 0 heterocycles. The van der Waals surface area contributed by atoms with E-state index in [1.165, 1.54) is 7.11 Å². The summed E-state index contributed by atoms with van der Waals surface area (Å²) in [6.45, 7) is 3.80. The molecule has 0 aliphatic heterocycles. The summed E-state index contributed by atoms with van der Waals surface area (Å²) in [4.78, 5) is 11.4. The lowest BCUT2D eigenvalue weighted by atomic mass is 9.95.